The Hall–Kier alpha value is -1.82. The maximum Gasteiger partial charge on any atom is 0.232 e. The quantitative estimate of drug-likeness (QED) is 0.918. The molecule has 1 heterocycles. The molecule has 2 aromatic rings. The van der Waals surface area contributed by atoms with Gasteiger partial charge in [0.1, 0.15) is 11.6 Å². The lowest BCUT2D eigenvalue weighted by Crippen LogP contribution is -2.22. The molecule has 1 saturated carbocycles. The van der Waals surface area contributed by atoms with Crippen LogP contribution in [0.25, 0.3) is 11.4 Å². The summed E-state index contributed by atoms with van der Waals surface area (Å²) in [5.74, 6) is -1.11. The Kier molecular flexibility index (Phi) is 3.48. The summed E-state index contributed by atoms with van der Waals surface area (Å²) in [5.41, 5.74) is 0.225. The summed E-state index contributed by atoms with van der Waals surface area (Å²) in [6.07, 6.45) is 2.96. The van der Waals surface area contributed by atoms with E-state index in [0.29, 0.717) is 12.3 Å². The van der Waals surface area contributed by atoms with Crippen LogP contribution in [0.15, 0.2) is 22.7 Å². The highest BCUT2D eigenvalue weighted by molar-refractivity contribution is 5.54. The third-order valence-corrected chi connectivity index (χ3v) is 3.61. The largest absolute Gasteiger partial charge is 0.392 e. The highest BCUT2D eigenvalue weighted by Gasteiger charge is 2.29. The Morgan fingerprint density at radius 1 is 1.10 bits per heavy atom. The Morgan fingerprint density at radius 3 is 2.50 bits per heavy atom. The lowest BCUT2D eigenvalue weighted by Gasteiger charge is -2.24. The number of aliphatic hydroxyl groups excluding tert-OH is 1. The highest BCUT2D eigenvalue weighted by Crippen LogP contribution is 2.33. The van der Waals surface area contributed by atoms with Crippen molar-refractivity contribution in [3.63, 3.8) is 0 Å². The van der Waals surface area contributed by atoms with E-state index in [9.17, 15) is 13.9 Å². The molecule has 0 radical (unpaired) electrons. The first-order chi connectivity index (χ1) is 9.63. The molecular formula is C14H14F2N2O2. The summed E-state index contributed by atoms with van der Waals surface area (Å²) in [4.78, 5) is 4.17. The van der Waals surface area contributed by atoms with Crippen LogP contribution in [0.5, 0.6) is 0 Å². The van der Waals surface area contributed by atoms with Crippen molar-refractivity contribution in [3.8, 4) is 11.4 Å². The normalized spacial score (nSPS) is 22.9. The van der Waals surface area contributed by atoms with Crippen LogP contribution in [-0.2, 0) is 0 Å². The monoisotopic (exact) mass is 280 g/mol. The zero-order chi connectivity index (χ0) is 14.1. The van der Waals surface area contributed by atoms with E-state index < -0.39 is 17.7 Å². The summed E-state index contributed by atoms with van der Waals surface area (Å²) >= 11 is 0. The Labute approximate surface area is 114 Å². The molecule has 0 aliphatic heterocycles. The molecule has 0 spiro atoms. The van der Waals surface area contributed by atoms with E-state index in [0.717, 1.165) is 37.5 Å². The molecule has 0 bridgehead atoms. The van der Waals surface area contributed by atoms with E-state index in [2.05, 4.69) is 10.1 Å². The number of hydrogen-bond donors (Lipinski definition) is 1. The lowest BCUT2D eigenvalue weighted by molar-refractivity contribution is 0.0908. The second kappa shape index (κ2) is 5.28. The van der Waals surface area contributed by atoms with E-state index in [-0.39, 0.29) is 17.3 Å². The minimum absolute atomic E-state index is 0.135. The molecule has 1 fully saturated rings. The zero-order valence-electron chi connectivity index (χ0n) is 10.7. The summed E-state index contributed by atoms with van der Waals surface area (Å²) in [7, 11) is 0. The zero-order valence-corrected chi connectivity index (χ0v) is 10.7. The molecule has 1 aromatic carbocycles. The van der Waals surface area contributed by atoms with Crippen molar-refractivity contribution in [1.29, 1.82) is 0 Å². The average molecular weight is 280 g/mol. The third-order valence-electron chi connectivity index (χ3n) is 3.61. The molecule has 1 aliphatic rings. The molecule has 20 heavy (non-hydrogen) atoms. The van der Waals surface area contributed by atoms with E-state index in [1.165, 1.54) is 0 Å². The predicted octanol–water partition coefficient (Wildman–Crippen LogP) is 3.03. The number of aliphatic hydroxyl groups is 1. The van der Waals surface area contributed by atoms with Crippen molar-refractivity contribution >= 4 is 0 Å². The van der Waals surface area contributed by atoms with Gasteiger partial charge in [-0.1, -0.05) is 18.0 Å². The van der Waals surface area contributed by atoms with Gasteiger partial charge < -0.3 is 9.63 Å². The van der Waals surface area contributed by atoms with Gasteiger partial charge in [-0.25, -0.2) is 8.78 Å². The molecule has 1 N–H and O–H groups in total. The van der Waals surface area contributed by atoms with Crippen LogP contribution in [0, 0.1) is 11.6 Å². The second-order valence-electron chi connectivity index (χ2n) is 5.07. The SMILES string of the molecule is OC1CCCCC1c1nc(-c2cc(F)cc(F)c2)no1. The van der Waals surface area contributed by atoms with Crippen molar-refractivity contribution < 1.29 is 18.4 Å². The van der Waals surface area contributed by atoms with Crippen LogP contribution >= 0.6 is 0 Å². The number of rotatable bonds is 2. The molecule has 1 aromatic heterocycles. The molecule has 2 unspecified atom stereocenters. The van der Waals surface area contributed by atoms with Crippen molar-refractivity contribution in [2.75, 3.05) is 0 Å². The molecule has 0 saturated heterocycles. The molecule has 0 amide bonds. The van der Waals surface area contributed by atoms with Gasteiger partial charge in [0.15, 0.2) is 0 Å². The van der Waals surface area contributed by atoms with Gasteiger partial charge in [-0.15, -0.1) is 0 Å². The molecule has 106 valence electrons. The first kappa shape index (κ1) is 13.2. The minimum atomic E-state index is -0.691. The lowest BCUT2D eigenvalue weighted by atomic mass is 9.86. The third kappa shape index (κ3) is 2.56. The molecular weight excluding hydrogens is 266 g/mol. The summed E-state index contributed by atoms with van der Waals surface area (Å²) < 4.78 is 31.5. The van der Waals surface area contributed by atoms with Crippen LogP contribution < -0.4 is 0 Å². The standard InChI is InChI=1S/C14H14F2N2O2/c15-9-5-8(6-10(16)7-9)13-17-14(20-18-13)11-3-1-2-4-12(11)19/h5-7,11-12,19H,1-4H2. The molecule has 1 aliphatic carbocycles. The maximum absolute atomic E-state index is 13.2. The summed E-state index contributed by atoms with van der Waals surface area (Å²) in [5, 5.41) is 13.7. The number of hydrogen-bond acceptors (Lipinski definition) is 4. The molecule has 2 atom stereocenters. The highest BCUT2D eigenvalue weighted by atomic mass is 19.1. The number of benzene rings is 1. The van der Waals surface area contributed by atoms with Crippen molar-refractivity contribution in [2.45, 2.75) is 37.7 Å². The Morgan fingerprint density at radius 2 is 1.80 bits per heavy atom. The molecule has 3 rings (SSSR count). The van der Waals surface area contributed by atoms with Crippen LogP contribution in [0.3, 0.4) is 0 Å². The van der Waals surface area contributed by atoms with Gasteiger partial charge in [0.05, 0.1) is 12.0 Å². The topological polar surface area (TPSA) is 59.2 Å². The van der Waals surface area contributed by atoms with Crippen molar-refractivity contribution in [3.05, 3.63) is 35.7 Å². The van der Waals surface area contributed by atoms with E-state index in [4.69, 9.17) is 4.52 Å². The fourth-order valence-electron chi connectivity index (χ4n) is 2.59. The predicted molar refractivity (Wildman–Crippen MR) is 66.9 cm³/mol. The number of halogens is 2. The Bertz CT molecular complexity index is 595. The fraction of sp³-hybridized carbons (Fsp3) is 0.429. The smallest absolute Gasteiger partial charge is 0.232 e. The average Bonchev–Trinajstić information content (AvgIpc) is 2.87. The van der Waals surface area contributed by atoms with Gasteiger partial charge in [0, 0.05) is 11.6 Å². The minimum Gasteiger partial charge on any atom is -0.392 e. The number of nitrogens with zero attached hydrogens (tertiary/aromatic N) is 2. The fourth-order valence-corrected chi connectivity index (χ4v) is 2.59. The van der Waals surface area contributed by atoms with Gasteiger partial charge in [-0.2, -0.15) is 4.98 Å². The molecule has 6 heteroatoms. The first-order valence-corrected chi connectivity index (χ1v) is 6.61. The van der Waals surface area contributed by atoms with E-state index in [1.807, 2.05) is 0 Å². The van der Waals surface area contributed by atoms with Crippen molar-refractivity contribution in [1.82, 2.24) is 10.1 Å². The maximum atomic E-state index is 13.2. The van der Waals surface area contributed by atoms with Crippen molar-refractivity contribution in [2.24, 2.45) is 0 Å². The van der Waals surface area contributed by atoms with Crippen LogP contribution in [0.4, 0.5) is 8.78 Å². The van der Waals surface area contributed by atoms with E-state index in [1.54, 1.807) is 0 Å². The second-order valence-corrected chi connectivity index (χ2v) is 5.07. The van der Waals surface area contributed by atoms with Gasteiger partial charge in [0.25, 0.3) is 0 Å². The summed E-state index contributed by atoms with van der Waals surface area (Å²) in [6.45, 7) is 0. The van der Waals surface area contributed by atoms with Crippen LogP contribution in [0.2, 0.25) is 0 Å². The van der Waals surface area contributed by atoms with Gasteiger partial charge in [0.2, 0.25) is 11.7 Å². The molecule has 4 nitrogen and oxygen atoms in total. The first-order valence-electron chi connectivity index (χ1n) is 6.61. The Balaban J connectivity index is 1.89. The van der Waals surface area contributed by atoms with Gasteiger partial charge >= 0.3 is 0 Å². The number of aromatic nitrogens is 2. The van der Waals surface area contributed by atoms with Gasteiger partial charge in [-0.3, -0.25) is 0 Å². The van der Waals surface area contributed by atoms with Crippen LogP contribution in [0.1, 0.15) is 37.5 Å². The summed E-state index contributed by atoms with van der Waals surface area (Å²) in [6, 6.07) is 3.08. The van der Waals surface area contributed by atoms with Crippen LogP contribution in [-0.4, -0.2) is 21.4 Å². The van der Waals surface area contributed by atoms with E-state index >= 15 is 0 Å². The van der Waals surface area contributed by atoms with Gasteiger partial charge in [-0.05, 0) is 25.0 Å².